The largest absolute Gasteiger partial charge is 0.354 e. The van der Waals surface area contributed by atoms with Crippen molar-refractivity contribution in [2.24, 2.45) is 0 Å². The summed E-state index contributed by atoms with van der Waals surface area (Å²) in [6, 6.07) is 19.9. The maximum Gasteiger partial charge on any atom is 0.179 e. The first-order chi connectivity index (χ1) is 8.83. The molecule has 2 aromatic rings. The van der Waals surface area contributed by atoms with E-state index in [1.165, 1.54) is 0 Å². The van der Waals surface area contributed by atoms with Gasteiger partial charge in [-0.05, 0) is 6.92 Å². The maximum absolute atomic E-state index is 5.91. The third kappa shape index (κ3) is 2.16. The van der Waals surface area contributed by atoms with Crippen molar-refractivity contribution in [3.63, 3.8) is 0 Å². The standard InChI is InChI=1S/C17H16O/c1-3-17(18-4-2,15-11-7-5-8-12-15)16-13-9-6-10-14-16/h1,5-14H,4H2,2H3. The van der Waals surface area contributed by atoms with E-state index < -0.39 is 5.60 Å². The molecule has 0 heterocycles. The average molecular weight is 236 g/mol. The van der Waals surface area contributed by atoms with Gasteiger partial charge in [-0.2, -0.15) is 0 Å². The zero-order valence-electron chi connectivity index (χ0n) is 10.5. The van der Waals surface area contributed by atoms with Crippen molar-refractivity contribution in [1.29, 1.82) is 0 Å². The van der Waals surface area contributed by atoms with Crippen LogP contribution in [0.3, 0.4) is 0 Å². The van der Waals surface area contributed by atoms with E-state index in [1.54, 1.807) is 0 Å². The fourth-order valence-electron chi connectivity index (χ4n) is 2.10. The van der Waals surface area contributed by atoms with Crippen molar-refractivity contribution in [3.8, 4) is 12.3 Å². The molecule has 0 fully saturated rings. The van der Waals surface area contributed by atoms with Gasteiger partial charge in [-0.15, -0.1) is 6.42 Å². The van der Waals surface area contributed by atoms with E-state index in [0.717, 1.165) is 11.1 Å². The van der Waals surface area contributed by atoms with E-state index in [0.29, 0.717) is 6.61 Å². The van der Waals surface area contributed by atoms with Crippen LogP contribution in [0.5, 0.6) is 0 Å². The molecule has 1 heteroatoms. The zero-order valence-corrected chi connectivity index (χ0v) is 10.5. The van der Waals surface area contributed by atoms with Gasteiger partial charge in [-0.1, -0.05) is 66.6 Å². The van der Waals surface area contributed by atoms with Gasteiger partial charge >= 0.3 is 0 Å². The first kappa shape index (κ1) is 12.4. The highest BCUT2D eigenvalue weighted by Crippen LogP contribution is 2.32. The second-order valence-corrected chi connectivity index (χ2v) is 3.99. The Balaban J connectivity index is 2.58. The van der Waals surface area contributed by atoms with Gasteiger partial charge in [0.25, 0.3) is 0 Å². The van der Waals surface area contributed by atoms with Gasteiger partial charge in [0.05, 0.1) is 0 Å². The van der Waals surface area contributed by atoms with Crippen LogP contribution >= 0.6 is 0 Å². The first-order valence-corrected chi connectivity index (χ1v) is 6.06. The van der Waals surface area contributed by atoms with Crippen LogP contribution in [0.15, 0.2) is 60.7 Å². The highest BCUT2D eigenvalue weighted by atomic mass is 16.5. The summed E-state index contributed by atoms with van der Waals surface area (Å²) in [6.07, 6.45) is 5.78. The molecule has 0 amide bonds. The topological polar surface area (TPSA) is 9.23 Å². The average Bonchev–Trinajstić information content (AvgIpc) is 2.47. The van der Waals surface area contributed by atoms with E-state index in [1.807, 2.05) is 67.6 Å². The Bertz CT molecular complexity index is 483. The number of terminal acetylenes is 1. The minimum atomic E-state index is -0.794. The molecule has 0 bridgehead atoms. The molecule has 1 nitrogen and oxygen atoms in total. The Labute approximate surface area is 108 Å². The van der Waals surface area contributed by atoms with E-state index in [2.05, 4.69) is 5.92 Å². The molecule has 0 aliphatic carbocycles. The van der Waals surface area contributed by atoms with E-state index in [4.69, 9.17) is 11.2 Å². The number of benzene rings is 2. The lowest BCUT2D eigenvalue weighted by atomic mass is 9.87. The van der Waals surface area contributed by atoms with E-state index in [9.17, 15) is 0 Å². The number of rotatable bonds is 4. The van der Waals surface area contributed by atoms with Crippen LogP contribution in [0.2, 0.25) is 0 Å². The number of ether oxygens (including phenoxy) is 1. The van der Waals surface area contributed by atoms with Gasteiger partial charge < -0.3 is 4.74 Å². The SMILES string of the molecule is C#CC(OCC)(c1ccccc1)c1ccccc1. The molecule has 0 aliphatic heterocycles. The fraction of sp³-hybridized carbons (Fsp3) is 0.176. The Kier molecular flexibility index (Phi) is 3.82. The second-order valence-electron chi connectivity index (χ2n) is 3.99. The summed E-state index contributed by atoms with van der Waals surface area (Å²) in [6.45, 7) is 2.52. The molecule has 18 heavy (non-hydrogen) atoms. The van der Waals surface area contributed by atoms with Crippen molar-refractivity contribution in [1.82, 2.24) is 0 Å². The van der Waals surface area contributed by atoms with Crippen molar-refractivity contribution in [2.45, 2.75) is 12.5 Å². The summed E-state index contributed by atoms with van der Waals surface area (Å²) in [5, 5.41) is 0. The third-order valence-electron chi connectivity index (χ3n) is 2.92. The molecule has 0 unspecified atom stereocenters. The highest BCUT2D eigenvalue weighted by molar-refractivity contribution is 5.43. The molecule has 0 aromatic heterocycles. The molecule has 2 rings (SSSR count). The molecule has 90 valence electrons. The van der Waals surface area contributed by atoms with Gasteiger partial charge in [0, 0.05) is 17.7 Å². The lowest BCUT2D eigenvalue weighted by Crippen LogP contribution is -2.29. The molecule has 0 spiro atoms. The van der Waals surface area contributed by atoms with Gasteiger partial charge in [0.2, 0.25) is 0 Å². The van der Waals surface area contributed by atoms with Crippen molar-refractivity contribution < 1.29 is 4.74 Å². The van der Waals surface area contributed by atoms with Gasteiger partial charge in [0.15, 0.2) is 5.60 Å². The van der Waals surface area contributed by atoms with Crippen molar-refractivity contribution in [2.75, 3.05) is 6.61 Å². The number of hydrogen-bond acceptors (Lipinski definition) is 1. The predicted molar refractivity (Wildman–Crippen MR) is 74.1 cm³/mol. The summed E-state index contributed by atoms with van der Waals surface area (Å²) in [5.74, 6) is 2.83. The van der Waals surface area contributed by atoms with Crippen LogP contribution in [-0.2, 0) is 10.3 Å². The molecule has 0 atom stereocenters. The molecule has 0 aliphatic rings. The molecular weight excluding hydrogens is 220 g/mol. The lowest BCUT2D eigenvalue weighted by Gasteiger charge is -2.29. The summed E-state index contributed by atoms with van der Waals surface area (Å²) in [5.41, 5.74) is 1.18. The molecular formula is C17H16O. The molecule has 0 saturated carbocycles. The van der Waals surface area contributed by atoms with E-state index in [-0.39, 0.29) is 0 Å². The molecule has 0 radical (unpaired) electrons. The quantitative estimate of drug-likeness (QED) is 0.737. The Morgan fingerprint density at radius 2 is 1.39 bits per heavy atom. The molecule has 2 aromatic carbocycles. The lowest BCUT2D eigenvalue weighted by molar-refractivity contribution is 0.0357. The van der Waals surface area contributed by atoms with Crippen LogP contribution in [0.4, 0.5) is 0 Å². The second kappa shape index (κ2) is 5.53. The van der Waals surface area contributed by atoms with Crippen molar-refractivity contribution in [3.05, 3.63) is 71.8 Å². The monoisotopic (exact) mass is 236 g/mol. The minimum absolute atomic E-state index is 0.563. The maximum atomic E-state index is 5.91. The fourth-order valence-corrected chi connectivity index (χ4v) is 2.10. The highest BCUT2D eigenvalue weighted by Gasteiger charge is 2.32. The van der Waals surface area contributed by atoms with Gasteiger partial charge in [-0.25, -0.2) is 0 Å². The van der Waals surface area contributed by atoms with Crippen LogP contribution in [0.1, 0.15) is 18.1 Å². The predicted octanol–water partition coefficient (Wildman–Crippen LogP) is 3.60. The third-order valence-corrected chi connectivity index (χ3v) is 2.92. The summed E-state index contributed by atoms with van der Waals surface area (Å²) >= 11 is 0. The zero-order chi connectivity index (χ0) is 12.8. The Hall–Kier alpha value is -2.04. The summed E-state index contributed by atoms with van der Waals surface area (Å²) in [4.78, 5) is 0. The Morgan fingerprint density at radius 1 is 0.944 bits per heavy atom. The van der Waals surface area contributed by atoms with Gasteiger partial charge in [0.1, 0.15) is 0 Å². The van der Waals surface area contributed by atoms with Crippen LogP contribution in [0.25, 0.3) is 0 Å². The van der Waals surface area contributed by atoms with Crippen LogP contribution < -0.4 is 0 Å². The Morgan fingerprint density at radius 3 is 1.72 bits per heavy atom. The smallest absolute Gasteiger partial charge is 0.179 e. The normalized spacial score (nSPS) is 10.9. The first-order valence-electron chi connectivity index (χ1n) is 6.06. The number of hydrogen-bond donors (Lipinski definition) is 0. The molecule has 0 N–H and O–H groups in total. The van der Waals surface area contributed by atoms with E-state index >= 15 is 0 Å². The summed E-state index contributed by atoms with van der Waals surface area (Å²) < 4.78 is 5.91. The van der Waals surface area contributed by atoms with Crippen LogP contribution in [-0.4, -0.2) is 6.61 Å². The minimum Gasteiger partial charge on any atom is -0.354 e. The summed E-state index contributed by atoms with van der Waals surface area (Å²) in [7, 11) is 0. The molecule has 0 saturated heterocycles. The van der Waals surface area contributed by atoms with Crippen molar-refractivity contribution >= 4 is 0 Å². The van der Waals surface area contributed by atoms with Gasteiger partial charge in [-0.3, -0.25) is 0 Å². The van der Waals surface area contributed by atoms with Crippen LogP contribution in [0, 0.1) is 12.3 Å².